The normalized spacial score (nSPS) is 12.7. The van der Waals surface area contributed by atoms with Crippen LogP contribution < -0.4 is 14.4 Å². The molecule has 162 valence electrons. The first-order valence-electron chi connectivity index (χ1n) is 10.1. The van der Waals surface area contributed by atoms with Gasteiger partial charge in [-0.2, -0.15) is 0 Å². The second-order valence-corrected chi connectivity index (χ2v) is 8.21. The second kappa shape index (κ2) is 8.80. The Kier molecular flexibility index (Phi) is 5.55. The fraction of sp³-hybridized carbons (Fsp3) is 0.174. The monoisotopic (exact) mass is 450 g/mol. The fourth-order valence-corrected chi connectivity index (χ4v) is 4.43. The third kappa shape index (κ3) is 4.33. The number of benzene rings is 2. The van der Waals surface area contributed by atoms with Crippen molar-refractivity contribution in [3.63, 3.8) is 0 Å². The van der Waals surface area contributed by atoms with Crippen LogP contribution in [-0.4, -0.2) is 33.8 Å². The van der Waals surface area contributed by atoms with Gasteiger partial charge in [0.15, 0.2) is 16.6 Å². The maximum atomic E-state index is 13.6. The molecule has 2 aromatic carbocycles. The molecule has 7 nitrogen and oxygen atoms in total. The zero-order chi connectivity index (χ0) is 21.9. The zero-order valence-corrected chi connectivity index (χ0v) is 17.8. The summed E-state index contributed by atoms with van der Waals surface area (Å²) in [6.45, 7) is 1.38. The van der Waals surface area contributed by atoms with Gasteiger partial charge in [0.1, 0.15) is 5.82 Å². The maximum absolute atomic E-state index is 13.6. The molecule has 0 aliphatic carbocycles. The van der Waals surface area contributed by atoms with E-state index < -0.39 is 0 Å². The van der Waals surface area contributed by atoms with Gasteiger partial charge in [0.2, 0.25) is 6.79 Å². The number of thiazole rings is 1. The first kappa shape index (κ1) is 20.2. The average molecular weight is 450 g/mol. The molecule has 0 N–H and O–H groups in total. The summed E-state index contributed by atoms with van der Waals surface area (Å²) in [5, 5.41) is 0.538. The molecular weight excluding hydrogens is 431 g/mol. The predicted octanol–water partition coefficient (Wildman–Crippen LogP) is 4.50. The Bertz CT molecular complexity index is 1290. The minimum Gasteiger partial charge on any atom is -0.454 e. The standard InChI is InChI=1S/C23H19FN4O3S/c24-17-4-5-18-21(13-17)32-23(26-18)28(10-1-9-27-11-8-25-14-27)22(29)7-3-16-2-6-19-20(12-16)31-15-30-19/h2-8,11-14H,1,9-10,15H2/b7-3+. The zero-order valence-electron chi connectivity index (χ0n) is 17.0. The molecule has 0 saturated carbocycles. The summed E-state index contributed by atoms with van der Waals surface area (Å²) in [7, 11) is 0. The number of aryl methyl sites for hydroxylation is 1. The van der Waals surface area contributed by atoms with E-state index in [1.165, 1.54) is 29.5 Å². The second-order valence-electron chi connectivity index (χ2n) is 7.20. The first-order valence-corrected chi connectivity index (χ1v) is 10.9. The highest BCUT2D eigenvalue weighted by Crippen LogP contribution is 2.33. The Morgan fingerprint density at radius 2 is 2.12 bits per heavy atom. The number of hydrogen-bond donors (Lipinski definition) is 0. The molecule has 2 aromatic heterocycles. The lowest BCUT2D eigenvalue weighted by molar-refractivity contribution is -0.114. The van der Waals surface area contributed by atoms with E-state index in [0.717, 1.165) is 12.1 Å². The molecule has 4 aromatic rings. The summed E-state index contributed by atoms with van der Waals surface area (Å²) < 4.78 is 27.0. The number of rotatable bonds is 7. The van der Waals surface area contributed by atoms with E-state index in [9.17, 15) is 9.18 Å². The van der Waals surface area contributed by atoms with Crippen molar-refractivity contribution >= 4 is 38.7 Å². The van der Waals surface area contributed by atoms with Gasteiger partial charge in [-0.05, 0) is 48.4 Å². The van der Waals surface area contributed by atoms with E-state index in [1.54, 1.807) is 29.6 Å². The number of hydrogen-bond acceptors (Lipinski definition) is 6. The SMILES string of the molecule is O=C(/C=C/c1ccc2c(c1)OCO2)N(CCCn1ccnc1)c1nc2ccc(F)cc2s1. The van der Waals surface area contributed by atoms with Crippen molar-refractivity contribution in [3.8, 4) is 11.5 Å². The van der Waals surface area contributed by atoms with Gasteiger partial charge in [-0.25, -0.2) is 14.4 Å². The third-order valence-electron chi connectivity index (χ3n) is 5.01. The Labute approximate surface area is 187 Å². The Morgan fingerprint density at radius 3 is 3.00 bits per heavy atom. The van der Waals surface area contributed by atoms with Crippen LogP contribution in [0.5, 0.6) is 11.5 Å². The van der Waals surface area contributed by atoms with Crippen LogP contribution in [-0.2, 0) is 11.3 Å². The molecular formula is C23H19FN4O3S. The van der Waals surface area contributed by atoms with E-state index in [4.69, 9.17) is 9.47 Å². The predicted molar refractivity (Wildman–Crippen MR) is 120 cm³/mol. The number of ether oxygens (including phenoxy) is 2. The summed E-state index contributed by atoms with van der Waals surface area (Å²) in [6.07, 6.45) is 9.31. The molecule has 0 radical (unpaired) electrons. The minimum atomic E-state index is -0.326. The molecule has 3 heterocycles. The number of nitrogens with zero attached hydrogens (tertiary/aromatic N) is 4. The van der Waals surface area contributed by atoms with E-state index in [2.05, 4.69) is 9.97 Å². The summed E-state index contributed by atoms with van der Waals surface area (Å²) in [5.74, 6) is 0.822. The molecule has 1 aliphatic heterocycles. The first-order chi connectivity index (χ1) is 15.7. The minimum absolute atomic E-state index is 0.199. The topological polar surface area (TPSA) is 69.5 Å². The number of aromatic nitrogens is 3. The van der Waals surface area contributed by atoms with Gasteiger partial charge in [-0.3, -0.25) is 9.69 Å². The van der Waals surface area contributed by atoms with Crippen LogP contribution in [0.3, 0.4) is 0 Å². The van der Waals surface area contributed by atoms with E-state index >= 15 is 0 Å². The van der Waals surface area contributed by atoms with Gasteiger partial charge in [0, 0.05) is 31.6 Å². The Hall–Kier alpha value is -3.72. The highest BCUT2D eigenvalue weighted by molar-refractivity contribution is 7.22. The molecule has 1 aliphatic rings. The van der Waals surface area contributed by atoms with Crippen LogP contribution in [0.25, 0.3) is 16.3 Å². The van der Waals surface area contributed by atoms with Gasteiger partial charge in [-0.1, -0.05) is 17.4 Å². The third-order valence-corrected chi connectivity index (χ3v) is 6.05. The molecule has 0 spiro atoms. The number of anilines is 1. The summed E-state index contributed by atoms with van der Waals surface area (Å²) >= 11 is 1.30. The summed E-state index contributed by atoms with van der Waals surface area (Å²) in [5.41, 5.74) is 1.49. The fourth-order valence-electron chi connectivity index (χ4n) is 3.41. The Morgan fingerprint density at radius 1 is 1.22 bits per heavy atom. The molecule has 1 amide bonds. The quantitative estimate of drug-likeness (QED) is 0.388. The molecule has 5 rings (SSSR count). The molecule has 0 bridgehead atoms. The lowest BCUT2D eigenvalue weighted by Crippen LogP contribution is -2.30. The van der Waals surface area contributed by atoms with Crippen LogP contribution in [0.15, 0.2) is 61.2 Å². The van der Waals surface area contributed by atoms with E-state index in [-0.39, 0.29) is 18.5 Å². The van der Waals surface area contributed by atoms with Gasteiger partial charge < -0.3 is 14.0 Å². The molecule has 0 unspecified atom stereocenters. The number of carbonyl (C=O) groups excluding carboxylic acids is 1. The van der Waals surface area contributed by atoms with Crippen LogP contribution in [0.1, 0.15) is 12.0 Å². The molecule has 32 heavy (non-hydrogen) atoms. The number of amides is 1. The molecule has 9 heteroatoms. The van der Waals surface area contributed by atoms with Gasteiger partial charge >= 0.3 is 0 Å². The van der Waals surface area contributed by atoms with Gasteiger partial charge in [-0.15, -0.1) is 0 Å². The summed E-state index contributed by atoms with van der Waals surface area (Å²) in [4.78, 5) is 23.4. The van der Waals surface area contributed by atoms with Crippen LogP contribution in [0, 0.1) is 5.82 Å². The van der Waals surface area contributed by atoms with Crippen molar-refractivity contribution in [2.75, 3.05) is 18.2 Å². The number of carbonyl (C=O) groups is 1. The number of halogens is 1. The van der Waals surface area contributed by atoms with Crippen molar-refractivity contribution in [2.24, 2.45) is 0 Å². The highest BCUT2D eigenvalue weighted by atomic mass is 32.1. The molecule has 0 saturated heterocycles. The average Bonchev–Trinajstić information content (AvgIpc) is 3.55. The largest absolute Gasteiger partial charge is 0.454 e. The Balaban J connectivity index is 1.37. The van der Waals surface area contributed by atoms with Gasteiger partial charge in [0.05, 0.1) is 16.5 Å². The van der Waals surface area contributed by atoms with E-state index in [0.29, 0.717) is 39.8 Å². The van der Waals surface area contributed by atoms with E-state index in [1.807, 2.05) is 29.0 Å². The van der Waals surface area contributed by atoms with Gasteiger partial charge in [0.25, 0.3) is 5.91 Å². The highest BCUT2D eigenvalue weighted by Gasteiger charge is 2.18. The summed E-state index contributed by atoms with van der Waals surface area (Å²) in [6, 6.07) is 9.94. The van der Waals surface area contributed by atoms with Crippen molar-refractivity contribution in [1.29, 1.82) is 0 Å². The molecule has 0 fully saturated rings. The van der Waals surface area contributed by atoms with Crippen LogP contribution in [0.2, 0.25) is 0 Å². The van der Waals surface area contributed by atoms with Crippen LogP contribution >= 0.6 is 11.3 Å². The van der Waals surface area contributed by atoms with Crippen molar-refractivity contribution in [3.05, 3.63) is 72.6 Å². The smallest absolute Gasteiger partial charge is 0.252 e. The molecule has 0 atom stereocenters. The van der Waals surface area contributed by atoms with Crippen molar-refractivity contribution < 1.29 is 18.7 Å². The van der Waals surface area contributed by atoms with Crippen molar-refractivity contribution in [1.82, 2.24) is 14.5 Å². The van der Waals surface area contributed by atoms with Crippen LogP contribution in [0.4, 0.5) is 9.52 Å². The van der Waals surface area contributed by atoms with Crippen molar-refractivity contribution in [2.45, 2.75) is 13.0 Å². The number of imidazole rings is 1. The lowest BCUT2D eigenvalue weighted by atomic mass is 10.2. The number of fused-ring (bicyclic) bond motifs is 2. The maximum Gasteiger partial charge on any atom is 0.252 e. The lowest BCUT2D eigenvalue weighted by Gasteiger charge is -2.18.